The van der Waals surface area contributed by atoms with Crippen LogP contribution in [0, 0.1) is 13.8 Å². The Kier molecular flexibility index (Phi) is 2.85. The molecule has 0 saturated heterocycles. The topological polar surface area (TPSA) is 63.8 Å². The Balaban J connectivity index is 2.10. The number of oxazole rings is 1. The first-order chi connectivity index (χ1) is 7.65. The molecule has 84 valence electrons. The summed E-state index contributed by atoms with van der Waals surface area (Å²) in [5.41, 5.74) is 1.06. The summed E-state index contributed by atoms with van der Waals surface area (Å²) in [6, 6.07) is 1.91. The molecule has 2 rings (SSSR count). The van der Waals surface area contributed by atoms with Crippen molar-refractivity contribution in [3.8, 4) is 0 Å². The van der Waals surface area contributed by atoms with Crippen molar-refractivity contribution in [3.63, 3.8) is 0 Å². The fourth-order valence-corrected chi connectivity index (χ4v) is 1.39. The molecule has 0 aliphatic carbocycles. The van der Waals surface area contributed by atoms with Gasteiger partial charge in [-0.15, -0.1) is 5.10 Å². The van der Waals surface area contributed by atoms with E-state index in [2.05, 4.69) is 20.5 Å². The highest BCUT2D eigenvalue weighted by Gasteiger charge is 2.11. The van der Waals surface area contributed by atoms with Crippen LogP contribution < -0.4 is 5.32 Å². The minimum absolute atomic E-state index is 0.0233. The van der Waals surface area contributed by atoms with Crippen molar-refractivity contribution in [2.75, 3.05) is 5.32 Å². The maximum Gasteiger partial charge on any atom is 0.216 e. The molecule has 0 radical (unpaired) electrons. The Bertz CT molecular complexity index is 480. The van der Waals surface area contributed by atoms with Crippen molar-refractivity contribution in [3.05, 3.63) is 35.7 Å². The van der Waals surface area contributed by atoms with Crippen LogP contribution in [0.3, 0.4) is 0 Å². The van der Waals surface area contributed by atoms with E-state index in [0.29, 0.717) is 5.89 Å². The van der Waals surface area contributed by atoms with Crippen LogP contribution in [0.2, 0.25) is 0 Å². The lowest BCUT2D eigenvalue weighted by atomic mass is 10.3. The number of hydrogen-bond acceptors (Lipinski definition) is 5. The van der Waals surface area contributed by atoms with E-state index in [0.717, 1.165) is 17.1 Å². The summed E-state index contributed by atoms with van der Waals surface area (Å²) in [5.74, 6) is 2.18. The standard InChI is InChI=1S/C11H14N4O/c1-7-4-10(15-13-5-7)14-9(3)11-12-6-8(2)16-11/h4-6,9H,1-3H3,(H,14,15). The average molecular weight is 218 g/mol. The highest BCUT2D eigenvalue weighted by atomic mass is 16.4. The molecule has 0 aliphatic rings. The summed E-state index contributed by atoms with van der Waals surface area (Å²) in [4.78, 5) is 4.16. The quantitative estimate of drug-likeness (QED) is 0.856. The van der Waals surface area contributed by atoms with Gasteiger partial charge in [-0.1, -0.05) is 0 Å². The zero-order valence-corrected chi connectivity index (χ0v) is 9.56. The lowest BCUT2D eigenvalue weighted by Crippen LogP contribution is -2.08. The van der Waals surface area contributed by atoms with Gasteiger partial charge in [-0.3, -0.25) is 0 Å². The van der Waals surface area contributed by atoms with E-state index in [9.17, 15) is 0 Å². The van der Waals surface area contributed by atoms with Gasteiger partial charge in [0.1, 0.15) is 17.6 Å². The van der Waals surface area contributed by atoms with Crippen LogP contribution in [0.1, 0.15) is 30.2 Å². The lowest BCUT2D eigenvalue weighted by Gasteiger charge is -2.10. The number of nitrogens with one attached hydrogen (secondary N) is 1. The second kappa shape index (κ2) is 4.30. The van der Waals surface area contributed by atoms with Crippen LogP contribution >= 0.6 is 0 Å². The molecule has 0 fully saturated rings. The van der Waals surface area contributed by atoms with E-state index in [-0.39, 0.29) is 6.04 Å². The summed E-state index contributed by atoms with van der Waals surface area (Å²) in [6.45, 7) is 5.81. The molecule has 2 aromatic heterocycles. The summed E-state index contributed by atoms with van der Waals surface area (Å²) >= 11 is 0. The largest absolute Gasteiger partial charge is 0.444 e. The fourth-order valence-electron chi connectivity index (χ4n) is 1.39. The van der Waals surface area contributed by atoms with E-state index < -0.39 is 0 Å². The van der Waals surface area contributed by atoms with Crippen LogP contribution in [0.5, 0.6) is 0 Å². The van der Waals surface area contributed by atoms with Crippen molar-refractivity contribution >= 4 is 5.82 Å². The summed E-state index contributed by atoms with van der Waals surface area (Å²) in [6.07, 6.45) is 3.42. The average Bonchev–Trinajstić information content (AvgIpc) is 2.65. The van der Waals surface area contributed by atoms with Gasteiger partial charge in [0.05, 0.1) is 12.4 Å². The molecule has 1 N–H and O–H groups in total. The molecule has 0 bridgehead atoms. The molecule has 1 atom stereocenters. The van der Waals surface area contributed by atoms with E-state index in [4.69, 9.17) is 4.42 Å². The van der Waals surface area contributed by atoms with Crippen molar-refractivity contribution in [1.29, 1.82) is 0 Å². The number of nitrogens with zero attached hydrogens (tertiary/aromatic N) is 3. The molecule has 16 heavy (non-hydrogen) atoms. The predicted octanol–water partition coefficient (Wildman–Crippen LogP) is 2.25. The van der Waals surface area contributed by atoms with E-state index in [1.807, 2.05) is 26.8 Å². The summed E-state index contributed by atoms with van der Waals surface area (Å²) in [7, 11) is 0. The Morgan fingerprint density at radius 3 is 2.75 bits per heavy atom. The van der Waals surface area contributed by atoms with Crippen molar-refractivity contribution in [1.82, 2.24) is 15.2 Å². The predicted molar refractivity (Wildman–Crippen MR) is 60.0 cm³/mol. The van der Waals surface area contributed by atoms with E-state index in [1.165, 1.54) is 0 Å². The second-order valence-corrected chi connectivity index (χ2v) is 3.79. The Morgan fingerprint density at radius 2 is 2.12 bits per heavy atom. The van der Waals surface area contributed by atoms with Crippen LogP contribution in [0.4, 0.5) is 5.82 Å². The maximum absolute atomic E-state index is 5.43. The molecule has 5 nitrogen and oxygen atoms in total. The third-order valence-corrected chi connectivity index (χ3v) is 2.17. The molecule has 5 heteroatoms. The Labute approximate surface area is 93.9 Å². The number of hydrogen-bond donors (Lipinski definition) is 1. The van der Waals surface area contributed by atoms with Gasteiger partial charge in [-0.05, 0) is 32.4 Å². The van der Waals surface area contributed by atoms with Crippen LogP contribution in [-0.2, 0) is 0 Å². The molecule has 2 aromatic rings. The minimum atomic E-state index is -0.0233. The van der Waals surface area contributed by atoms with Gasteiger partial charge in [0, 0.05) is 0 Å². The zero-order chi connectivity index (χ0) is 11.5. The van der Waals surface area contributed by atoms with Gasteiger partial charge in [-0.25, -0.2) is 4.98 Å². The fraction of sp³-hybridized carbons (Fsp3) is 0.364. The second-order valence-electron chi connectivity index (χ2n) is 3.79. The van der Waals surface area contributed by atoms with Crippen molar-refractivity contribution < 1.29 is 4.42 Å². The normalized spacial score (nSPS) is 12.4. The molecule has 0 aliphatic heterocycles. The van der Waals surface area contributed by atoms with Crippen molar-refractivity contribution in [2.45, 2.75) is 26.8 Å². The first-order valence-corrected chi connectivity index (χ1v) is 5.13. The van der Waals surface area contributed by atoms with Gasteiger partial charge < -0.3 is 9.73 Å². The number of aromatic nitrogens is 3. The third kappa shape index (κ3) is 2.36. The first-order valence-electron chi connectivity index (χ1n) is 5.13. The Morgan fingerprint density at radius 1 is 1.31 bits per heavy atom. The highest BCUT2D eigenvalue weighted by molar-refractivity contribution is 5.36. The molecule has 1 unspecified atom stereocenters. The molecular weight excluding hydrogens is 204 g/mol. The molecular formula is C11H14N4O. The molecule has 0 spiro atoms. The number of rotatable bonds is 3. The Hall–Kier alpha value is -1.91. The van der Waals surface area contributed by atoms with Gasteiger partial charge in [-0.2, -0.15) is 5.10 Å². The van der Waals surface area contributed by atoms with Gasteiger partial charge in [0.15, 0.2) is 0 Å². The number of anilines is 1. The highest BCUT2D eigenvalue weighted by Crippen LogP contribution is 2.17. The van der Waals surface area contributed by atoms with Gasteiger partial charge >= 0.3 is 0 Å². The lowest BCUT2D eigenvalue weighted by molar-refractivity contribution is 0.453. The van der Waals surface area contributed by atoms with Crippen LogP contribution in [0.25, 0.3) is 0 Å². The summed E-state index contributed by atoms with van der Waals surface area (Å²) in [5, 5.41) is 11.0. The van der Waals surface area contributed by atoms with Crippen molar-refractivity contribution in [2.24, 2.45) is 0 Å². The number of aryl methyl sites for hydroxylation is 2. The molecule has 0 aromatic carbocycles. The third-order valence-electron chi connectivity index (χ3n) is 2.17. The van der Waals surface area contributed by atoms with Gasteiger partial charge in [0.2, 0.25) is 5.89 Å². The SMILES string of the molecule is Cc1cnnc(NC(C)c2ncc(C)o2)c1. The zero-order valence-electron chi connectivity index (χ0n) is 9.56. The van der Waals surface area contributed by atoms with E-state index >= 15 is 0 Å². The first kappa shape index (κ1) is 10.6. The smallest absolute Gasteiger partial charge is 0.216 e. The van der Waals surface area contributed by atoms with Gasteiger partial charge in [0.25, 0.3) is 0 Å². The maximum atomic E-state index is 5.43. The van der Waals surface area contributed by atoms with Crippen LogP contribution in [-0.4, -0.2) is 15.2 Å². The summed E-state index contributed by atoms with van der Waals surface area (Å²) < 4.78 is 5.43. The molecule has 0 amide bonds. The molecule has 2 heterocycles. The minimum Gasteiger partial charge on any atom is -0.444 e. The van der Waals surface area contributed by atoms with E-state index in [1.54, 1.807) is 12.4 Å². The van der Waals surface area contributed by atoms with Crippen LogP contribution in [0.15, 0.2) is 22.9 Å². The molecule has 0 saturated carbocycles. The monoisotopic (exact) mass is 218 g/mol.